The molecule has 1 saturated heterocycles. The van der Waals surface area contributed by atoms with E-state index in [-0.39, 0.29) is 0 Å². The van der Waals surface area contributed by atoms with Crippen LogP contribution in [-0.2, 0) is 10.0 Å². The van der Waals surface area contributed by atoms with Gasteiger partial charge in [0.05, 0.1) is 15.6 Å². The second-order valence-corrected chi connectivity index (χ2v) is 7.01. The molecule has 1 heterocycles. The lowest BCUT2D eigenvalue weighted by atomic mass is 10.3. The number of benzene rings is 1. The molecule has 4 nitrogen and oxygen atoms in total. The molecular weight excluding hydrogens is 353 g/mol. The highest BCUT2D eigenvalue weighted by atomic mass is 127. The summed E-state index contributed by atoms with van der Waals surface area (Å²) >= 11 is 2.12. The highest BCUT2D eigenvalue weighted by Gasteiger charge is 2.27. The standard InChI is InChI=1S/C11H14INO3S/c1-16-11-8-9(4-5-10(11)12)17(14,15)13-6-2-3-7-13/h4-5,8H,2-3,6-7H2,1H3. The minimum absolute atomic E-state index is 0.316. The molecule has 1 aliphatic heterocycles. The van der Waals surface area contributed by atoms with Gasteiger partial charge in [-0.15, -0.1) is 0 Å². The summed E-state index contributed by atoms with van der Waals surface area (Å²) in [6.45, 7) is 1.24. The molecule has 0 aromatic heterocycles. The molecule has 2 rings (SSSR count). The van der Waals surface area contributed by atoms with Crippen LogP contribution in [0.25, 0.3) is 0 Å². The lowest BCUT2D eigenvalue weighted by Crippen LogP contribution is -2.27. The number of hydrogen-bond donors (Lipinski definition) is 0. The van der Waals surface area contributed by atoms with Gasteiger partial charge in [0.1, 0.15) is 5.75 Å². The molecule has 0 spiro atoms. The number of hydrogen-bond acceptors (Lipinski definition) is 3. The second kappa shape index (κ2) is 5.11. The van der Waals surface area contributed by atoms with Gasteiger partial charge in [-0.1, -0.05) is 0 Å². The Balaban J connectivity index is 2.39. The number of rotatable bonds is 3. The van der Waals surface area contributed by atoms with E-state index < -0.39 is 10.0 Å². The van der Waals surface area contributed by atoms with Crippen LogP contribution in [0.4, 0.5) is 0 Å². The molecular formula is C11H14INO3S. The quantitative estimate of drug-likeness (QED) is 0.769. The lowest BCUT2D eigenvalue weighted by Gasteiger charge is -2.16. The van der Waals surface area contributed by atoms with E-state index >= 15 is 0 Å². The Kier molecular flexibility index (Phi) is 3.94. The van der Waals surface area contributed by atoms with Crippen LogP contribution in [0.5, 0.6) is 5.75 Å². The van der Waals surface area contributed by atoms with Crippen molar-refractivity contribution >= 4 is 32.6 Å². The van der Waals surface area contributed by atoms with Gasteiger partial charge in [-0.3, -0.25) is 0 Å². The fraction of sp³-hybridized carbons (Fsp3) is 0.455. The summed E-state index contributed by atoms with van der Waals surface area (Å²) < 4.78 is 32.2. The van der Waals surface area contributed by atoms with Crippen molar-refractivity contribution in [3.8, 4) is 5.75 Å². The van der Waals surface area contributed by atoms with Crippen LogP contribution in [0, 0.1) is 3.57 Å². The first-order chi connectivity index (χ1) is 8.05. The molecule has 0 saturated carbocycles. The first-order valence-corrected chi connectivity index (χ1v) is 7.91. The van der Waals surface area contributed by atoms with Gasteiger partial charge in [-0.25, -0.2) is 8.42 Å². The summed E-state index contributed by atoms with van der Waals surface area (Å²) in [6.07, 6.45) is 1.89. The summed E-state index contributed by atoms with van der Waals surface area (Å²) in [5.41, 5.74) is 0. The Morgan fingerprint density at radius 3 is 2.53 bits per heavy atom. The highest BCUT2D eigenvalue weighted by Crippen LogP contribution is 2.27. The van der Waals surface area contributed by atoms with Crippen LogP contribution in [0.15, 0.2) is 23.1 Å². The predicted octanol–water partition coefficient (Wildman–Crippen LogP) is 2.08. The van der Waals surface area contributed by atoms with Crippen molar-refractivity contribution in [1.82, 2.24) is 4.31 Å². The van der Waals surface area contributed by atoms with Gasteiger partial charge < -0.3 is 4.74 Å². The third-order valence-corrected chi connectivity index (χ3v) is 5.61. The summed E-state index contributed by atoms with van der Waals surface area (Å²) in [5.74, 6) is 0.603. The molecule has 1 aliphatic rings. The Labute approximate surface area is 115 Å². The van der Waals surface area contributed by atoms with E-state index in [0.29, 0.717) is 23.7 Å². The van der Waals surface area contributed by atoms with Crippen molar-refractivity contribution in [2.45, 2.75) is 17.7 Å². The predicted molar refractivity (Wildman–Crippen MR) is 73.7 cm³/mol. The molecule has 1 aromatic rings. The molecule has 0 atom stereocenters. The maximum absolute atomic E-state index is 12.3. The first-order valence-electron chi connectivity index (χ1n) is 5.39. The SMILES string of the molecule is COc1cc(S(=O)(=O)N2CCCC2)ccc1I. The zero-order valence-corrected chi connectivity index (χ0v) is 12.5. The van der Waals surface area contributed by atoms with Crippen LogP contribution < -0.4 is 4.74 Å². The Morgan fingerprint density at radius 1 is 1.29 bits per heavy atom. The summed E-state index contributed by atoms with van der Waals surface area (Å²) in [5, 5.41) is 0. The summed E-state index contributed by atoms with van der Waals surface area (Å²) in [7, 11) is -1.79. The molecule has 1 fully saturated rings. The number of nitrogens with zero attached hydrogens (tertiary/aromatic N) is 1. The zero-order valence-electron chi connectivity index (χ0n) is 9.52. The van der Waals surface area contributed by atoms with Crippen molar-refractivity contribution in [1.29, 1.82) is 0 Å². The van der Waals surface area contributed by atoms with Gasteiger partial charge in [-0.2, -0.15) is 4.31 Å². The molecule has 0 bridgehead atoms. The molecule has 1 aromatic carbocycles. The summed E-state index contributed by atoms with van der Waals surface area (Å²) in [6, 6.07) is 5.00. The molecule has 17 heavy (non-hydrogen) atoms. The van der Waals surface area contributed by atoms with E-state index in [1.54, 1.807) is 25.3 Å². The minimum Gasteiger partial charge on any atom is -0.496 e. The lowest BCUT2D eigenvalue weighted by molar-refractivity contribution is 0.409. The van der Waals surface area contributed by atoms with Crippen LogP contribution in [-0.4, -0.2) is 32.9 Å². The molecule has 0 N–H and O–H groups in total. The van der Waals surface area contributed by atoms with Gasteiger partial charge in [0, 0.05) is 19.2 Å². The topological polar surface area (TPSA) is 46.6 Å². The van der Waals surface area contributed by atoms with Crippen molar-refractivity contribution in [2.75, 3.05) is 20.2 Å². The van der Waals surface area contributed by atoms with Gasteiger partial charge >= 0.3 is 0 Å². The van der Waals surface area contributed by atoms with E-state index in [0.717, 1.165) is 16.4 Å². The van der Waals surface area contributed by atoms with Crippen molar-refractivity contribution in [3.05, 3.63) is 21.8 Å². The fourth-order valence-corrected chi connectivity index (χ4v) is 3.97. The first kappa shape index (κ1) is 13.1. The third-order valence-electron chi connectivity index (χ3n) is 2.83. The Bertz CT molecular complexity index is 509. The molecule has 94 valence electrons. The maximum Gasteiger partial charge on any atom is 0.243 e. The molecule has 0 aliphatic carbocycles. The normalized spacial score (nSPS) is 17.3. The zero-order chi connectivity index (χ0) is 12.5. The number of methoxy groups -OCH3 is 1. The van der Waals surface area contributed by atoms with Crippen molar-refractivity contribution < 1.29 is 13.2 Å². The Morgan fingerprint density at radius 2 is 1.94 bits per heavy atom. The van der Waals surface area contributed by atoms with Gasteiger partial charge in [0.15, 0.2) is 0 Å². The highest BCUT2D eigenvalue weighted by molar-refractivity contribution is 14.1. The van der Waals surface area contributed by atoms with Crippen LogP contribution in [0.2, 0.25) is 0 Å². The smallest absolute Gasteiger partial charge is 0.243 e. The van der Waals surface area contributed by atoms with Crippen molar-refractivity contribution in [2.24, 2.45) is 0 Å². The van der Waals surface area contributed by atoms with E-state index in [1.807, 2.05) is 0 Å². The van der Waals surface area contributed by atoms with Crippen LogP contribution in [0.1, 0.15) is 12.8 Å². The third kappa shape index (κ3) is 2.58. The largest absolute Gasteiger partial charge is 0.496 e. The molecule has 0 radical (unpaired) electrons. The van der Waals surface area contributed by atoms with Gasteiger partial charge in [0.2, 0.25) is 10.0 Å². The number of ether oxygens (including phenoxy) is 1. The maximum atomic E-state index is 12.3. The monoisotopic (exact) mass is 367 g/mol. The Hall–Kier alpha value is -0.340. The molecule has 0 unspecified atom stereocenters. The summed E-state index contributed by atoms with van der Waals surface area (Å²) in [4.78, 5) is 0.316. The number of halogens is 1. The van der Waals surface area contributed by atoms with Crippen molar-refractivity contribution in [3.63, 3.8) is 0 Å². The van der Waals surface area contributed by atoms with E-state index in [2.05, 4.69) is 22.6 Å². The molecule has 0 amide bonds. The molecule has 6 heteroatoms. The average Bonchev–Trinajstić information content (AvgIpc) is 2.83. The van der Waals surface area contributed by atoms with Crippen LogP contribution >= 0.6 is 22.6 Å². The van der Waals surface area contributed by atoms with Crippen LogP contribution in [0.3, 0.4) is 0 Å². The minimum atomic E-state index is -3.34. The fourth-order valence-electron chi connectivity index (χ4n) is 1.88. The average molecular weight is 367 g/mol. The second-order valence-electron chi connectivity index (χ2n) is 3.91. The van der Waals surface area contributed by atoms with Gasteiger partial charge in [0.25, 0.3) is 0 Å². The number of sulfonamides is 1. The van der Waals surface area contributed by atoms with E-state index in [1.165, 1.54) is 4.31 Å². The van der Waals surface area contributed by atoms with E-state index in [9.17, 15) is 8.42 Å². The van der Waals surface area contributed by atoms with E-state index in [4.69, 9.17) is 4.74 Å². The van der Waals surface area contributed by atoms with Gasteiger partial charge in [-0.05, 0) is 47.6 Å².